The minimum absolute atomic E-state index is 0.198. The van der Waals surface area contributed by atoms with Gasteiger partial charge in [0.15, 0.2) is 0 Å². The number of anilines is 1. The first kappa shape index (κ1) is 17.9. The van der Waals surface area contributed by atoms with E-state index < -0.39 is 0 Å². The number of likely N-dealkylation sites (tertiary alicyclic amines) is 1. The van der Waals surface area contributed by atoms with Crippen LogP contribution in [0.25, 0.3) is 0 Å². The lowest BCUT2D eigenvalue weighted by Gasteiger charge is -2.26. The summed E-state index contributed by atoms with van der Waals surface area (Å²) in [7, 11) is 0. The maximum Gasteiger partial charge on any atom is 0.227 e. The topological polar surface area (TPSA) is 43.9 Å². The molecular formula is C20H29N3O2. The fourth-order valence-corrected chi connectivity index (χ4v) is 4.01. The highest BCUT2D eigenvalue weighted by Crippen LogP contribution is 2.22. The van der Waals surface area contributed by atoms with E-state index in [1.165, 1.54) is 0 Å². The fraction of sp³-hybridized carbons (Fsp3) is 0.600. The van der Waals surface area contributed by atoms with Gasteiger partial charge in [-0.2, -0.15) is 0 Å². The molecule has 0 bridgehead atoms. The molecule has 0 aliphatic carbocycles. The third kappa shape index (κ3) is 4.03. The molecule has 3 rings (SSSR count). The Morgan fingerprint density at radius 3 is 2.48 bits per heavy atom. The van der Waals surface area contributed by atoms with Crippen LogP contribution in [0.3, 0.4) is 0 Å². The van der Waals surface area contributed by atoms with Gasteiger partial charge in [-0.25, -0.2) is 0 Å². The lowest BCUT2D eigenvalue weighted by molar-refractivity contribution is -0.129. The molecule has 1 atom stereocenters. The van der Waals surface area contributed by atoms with Crippen molar-refractivity contribution in [1.82, 2.24) is 9.80 Å². The number of nitrogens with zero attached hydrogens (tertiary/aromatic N) is 3. The van der Waals surface area contributed by atoms with Crippen molar-refractivity contribution >= 4 is 17.5 Å². The Morgan fingerprint density at radius 1 is 1.16 bits per heavy atom. The first-order valence-electron chi connectivity index (χ1n) is 9.53. The van der Waals surface area contributed by atoms with E-state index in [-0.39, 0.29) is 11.8 Å². The summed E-state index contributed by atoms with van der Waals surface area (Å²) >= 11 is 0. The summed E-state index contributed by atoms with van der Waals surface area (Å²) in [6.07, 6.45) is 3.09. The Balaban J connectivity index is 1.55. The zero-order valence-electron chi connectivity index (χ0n) is 15.4. The molecule has 1 aromatic rings. The second-order valence-electron chi connectivity index (χ2n) is 7.00. The maximum atomic E-state index is 12.6. The van der Waals surface area contributed by atoms with Gasteiger partial charge < -0.3 is 9.80 Å². The minimum Gasteiger partial charge on any atom is -0.341 e. The van der Waals surface area contributed by atoms with Crippen LogP contribution in [-0.4, -0.2) is 60.4 Å². The molecule has 2 aliphatic rings. The van der Waals surface area contributed by atoms with E-state index in [0.717, 1.165) is 56.8 Å². The molecule has 0 N–H and O–H groups in total. The average molecular weight is 343 g/mol. The smallest absolute Gasteiger partial charge is 0.227 e. The number of benzene rings is 1. The van der Waals surface area contributed by atoms with E-state index in [9.17, 15) is 9.59 Å². The number of amides is 2. The molecule has 5 nitrogen and oxygen atoms in total. The average Bonchev–Trinajstić information content (AvgIpc) is 3.26. The van der Waals surface area contributed by atoms with Crippen molar-refractivity contribution in [2.75, 3.05) is 37.6 Å². The van der Waals surface area contributed by atoms with Crippen LogP contribution in [0.1, 0.15) is 38.7 Å². The zero-order chi connectivity index (χ0) is 17.8. The van der Waals surface area contributed by atoms with Crippen LogP contribution in [0.15, 0.2) is 24.3 Å². The number of rotatable bonds is 6. The Bertz CT molecular complexity index is 610. The van der Waals surface area contributed by atoms with Crippen LogP contribution in [0, 0.1) is 0 Å². The quantitative estimate of drug-likeness (QED) is 0.796. The second kappa shape index (κ2) is 8.00. The van der Waals surface area contributed by atoms with Gasteiger partial charge in [-0.15, -0.1) is 0 Å². The van der Waals surface area contributed by atoms with Crippen molar-refractivity contribution in [3.8, 4) is 0 Å². The molecule has 2 aliphatic heterocycles. The molecule has 2 heterocycles. The summed E-state index contributed by atoms with van der Waals surface area (Å²) in [5, 5.41) is 0. The summed E-state index contributed by atoms with van der Waals surface area (Å²) in [6.45, 7) is 8.96. The van der Waals surface area contributed by atoms with Crippen molar-refractivity contribution in [1.29, 1.82) is 0 Å². The molecular weight excluding hydrogens is 314 g/mol. The van der Waals surface area contributed by atoms with Crippen LogP contribution < -0.4 is 4.90 Å². The van der Waals surface area contributed by atoms with Gasteiger partial charge in [0.25, 0.3) is 0 Å². The highest BCUT2D eigenvalue weighted by molar-refractivity contribution is 5.95. The predicted octanol–water partition coefficient (Wildman–Crippen LogP) is 2.30. The van der Waals surface area contributed by atoms with Crippen molar-refractivity contribution < 1.29 is 9.59 Å². The highest BCUT2D eigenvalue weighted by Gasteiger charge is 2.29. The summed E-state index contributed by atoms with van der Waals surface area (Å²) in [5.74, 6) is 0.406. The van der Waals surface area contributed by atoms with Crippen LogP contribution in [-0.2, 0) is 16.0 Å². The van der Waals surface area contributed by atoms with E-state index in [4.69, 9.17) is 0 Å². The van der Waals surface area contributed by atoms with Gasteiger partial charge in [0.05, 0.1) is 6.42 Å². The molecule has 5 heteroatoms. The van der Waals surface area contributed by atoms with Crippen molar-refractivity contribution in [3.05, 3.63) is 29.8 Å². The third-order valence-corrected chi connectivity index (χ3v) is 5.52. The number of likely N-dealkylation sites (N-methyl/N-ethyl adjacent to an activating group) is 1. The van der Waals surface area contributed by atoms with E-state index in [1.807, 2.05) is 34.1 Å². The molecule has 0 radical (unpaired) electrons. The summed E-state index contributed by atoms with van der Waals surface area (Å²) in [4.78, 5) is 30.7. The van der Waals surface area contributed by atoms with Gasteiger partial charge in [0.1, 0.15) is 0 Å². The normalized spacial score (nSPS) is 20.8. The van der Waals surface area contributed by atoms with Gasteiger partial charge in [-0.05, 0) is 43.6 Å². The van der Waals surface area contributed by atoms with Crippen LogP contribution in [0.5, 0.6) is 0 Å². The summed E-state index contributed by atoms with van der Waals surface area (Å²) < 4.78 is 0. The lowest BCUT2D eigenvalue weighted by Crippen LogP contribution is -2.39. The Morgan fingerprint density at radius 2 is 1.88 bits per heavy atom. The SMILES string of the molecule is CCN(CC)C1CCN(C(=O)Cc2ccc(N3CCCC3=O)cc2)C1. The lowest BCUT2D eigenvalue weighted by atomic mass is 10.1. The number of carbonyl (C=O) groups excluding carboxylic acids is 2. The van der Waals surface area contributed by atoms with Crippen molar-refractivity contribution in [2.45, 2.75) is 45.6 Å². The number of hydrogen-bond acceptors (Lipinski definition) is 3. The number of carbonyl (C=O) groups is 2. The molecule has 0 spiro atoms. The Labute approximate surface area is 150 Å². The zero-order valence-corrected chi connectivity index (χ0v) is 15.4. The maximum absolute atomic E-state index is 12.6. The first-order valence-corrected chi connectivity index (χ1v) is 9.53. The molecule has 2 amide bonds. The molecule has 2 fully saturated rings. The molecule has 0 saturated carbocycles. The number of hydrogen-bond donors (Lipinski definition) is 0. The van der Waals surface area contributed by atoms with Gasteiger partial charge >= 0.3 is 0 Å². The second-order valence-corrected chi connectivity index (χ2v) is 7.00. The molecule has 25 heavy (non-hydrogen) atoms. The van der Waals surface area contributed by atoms with Gasteiger partial charge in [-0.1, -0.05) is 26.0 Å². The van der Waals surface area contributed by atoms with E-state index in [1.54, 1.807) is 0 Å². The molecule has 0 aromatic heterocycles. The van der Waals surface area contributed by atoms with E-state index in [2.05, 4.69) is 18.7 Å². The Hall–Kier alpha value is -1.88. The van der Waals surface area contributed by atoms with Gasteiger partial charge in [0.2, 0.25) is 11.8 Å². The monoisotopic (exact) mass is 343 g/mol. The molecule has 1 unspecified atom stereocenters. The fourth-order valence-electron chi connectivity index (χ4n) is 4.01. The third-order valence-electron chi connectivity index (χ3n) is 5.52. The van der Waals surface area contributed by atoms with Crippen molar-refractivity contribution in [3.63, 3.8) is 0 Å². The molecule has 2 saturated heterocycles. The summed E-state index contributed by atoms with van der Waals surface area (Å²) in [5.41, 5.74) is 1.97. The first-order chi connectivity index (χ1) is 12.1. The van der Waals surface area contributed by atoms with Crippen LogP contribution >= 0.6 is 0 Å². The van der Waals surface area contributed by atoms with Crippen LogP contribution in [0.2, 0.25) is 0 Å². The largest absolute Gasteiger partial charge is 0.341 e. The Kier molecular flexibility index (Phi) is 5.74. The van der Waals surface area contributed by atoms with Crippen LogP contribution in [0.4, 0.5) is 5.69 Å². The van der Waals surface area contributed by atoms with E-state index in [0.29, 0.717) is 18.9 Å². The van der Waals surface area contributed by atoms with Gasteiger partial charge in [-0.3, -0.25) is 14.5 Å². The van der Waals surface area contributed by atoms with Crippen molar-refractivity contribution in [2.24, 2.45) is 0 Å². The highest BCUT2D eigenvalue weighted by atomic mass is 16.2. The predicted molar refractivity (Wildman–Crippen MR) is 99.6 cm³/mol. The summed E-state index contributed by atoms with van der Waals surface area (Å²) in [6, 6.07) is 8.40. The van der Waals surface area contributed by atoms with Gasteiger partial charge in [0, 0.05) is 37.8 Å². The standard InChI is InChI=1S/C20H29N3O2/c1-3-21(4-2)18-11-13-22(15-18)20(25)14-16-7-9-17(10-8-16)23-12-5-6-19(23)24/h7-10,18H,3-6,11-15H2,1-2H3. The van der Waals surface area contributed by atoms with E-state index >= 15 is 0 Å². The minimum atomic E-state index is 0.198. The molecule has 136 valence electrons. The molecule has 1 aromatic carbocycles.